The number of benzene rings is 2. The van der Waals surface area contributed by atoms with Crippen LogP contribution in [0.1, 0.15) is 28.4 Å². The lowest BCUT2D eigenvalue weighted by atomic mass is 10.1. The van der Waals surface area contributed by atoms with Crippen LogP contribution in [0.25, 0.3) is 10.9 Å². The molecule has 0 unspecified atom stereocenters. The summed E-state index contributed by atoms with van der Waals surface area (Å²) >= 11 is 0. The third-order valence-electron chi connectivity index (χ3n) is 4.64. The summed E-state index contributed by atoms with van der Waals surface area (Å²) in [5.41, 5.74) is 3.34. The Morgan fingerprint density at radius 1 is 1.04 bits per heavy atom. The summed E-state index contributed by atoms with van der Waals surface area (Å²) in [4.78, 5) is 27.8. The van der Waals surface area contributed by atoms with Gasteiger partial charge in [-0.05, 0) is 29.7 Å². The van der Waals surface area contributed by atoms with Crippen LogP contribution in [-0.2, 0) is 22.4 Å². The highest BCUT2D eigenvalue weighted by Crippen LogP contribution is 2.28. The highest BCUT2D eigenvalue weighted by atomic mass is 16.5. The number of aromatic amines is 1. The normalized spacial score (nSPS) is 10.7. The van der Waals surface area contributed by atoms with Crippen molar-refractivity contribution < 1.29 is 23.8 Å². The van der Waals surface area contributed by atoms with Gasteiger partial charge in [-0.2, -0.15) is 0 Å². The number of hydrogen-bond acceptors (Lipinski definition) is 5. The van der Waals surface area contributed by atoms with Crippen molar-refractivity contribution in [2.75, 3.05) is 20.8 Å². The molecule has 1 heterocycles. The van der Waals surface area contributed by atoms with E-state index >= 15 is 0 Å². The van der Waals surface area contributed by atoms with E-state index in [1.165, 1.54) is 7.11 Å². The quantitative estimate of drug-likeness (QED) is 0.475. The molecule has 0 amide bonds. The fourth-order valence-electron chi connectivity index (χ4n) is 3.17. The molecule has 0 fully saturated rings. The van der Waals surface area contributed by atoms with Gasteiger partial charge in [-0.25, -0.2) is 0 Å². The van der Waals surface area contributed by atoms with Crippen molar-refractivity contribution in [3.63, 3.8) is 0 Å². The Kier molecular flexibility index (Phi) is 5.99. The van der Waals surface area contributed by atoms with Gasteiger partial charge in [0.25, 0.3) is 0 Å². The first-order valence-electron chi connectivity index (χ1n) is 9.06. The second-order valence-corrected chi connectivity index (χ2v) is 6.35. The molecule has 3 aromatic rings. The smallest absolute Gasteiger partial charge is 0.310 e. The first kappa shape index (κ1) is 19.5. The molecule has 6 heteroatoms. The standard InChI is InChI=1S/C22H23NO5/c1-4-15-6-5-7-16-17(12-23-22(15)16)18(24)13-28-21(25)11-14-8-9-19(26-2)20(10-14)27-3/h5-10,12,23H,4,11,13H2,1-3H3. The fraction of sp³-hybridized carbons (Fsp3) is 0.273. The van der Waals surface area contributed by atoms with Gasteiger partial charge in [0, 0.05) is 22.7 Å². The first-order valence-corrected chi connectivity index (χ1v) is 9.06. The number of H-pyrrole nitrogens is 1. The number of nitrogens with one attached hydrogen (secondary N) is 1. The molecular formula is C22H23NO5. The number of ketones is 1. The Hall–Kier alpha value is -3.28. The third kappa shape index (κ3) is 4.01. The maximum atomic E-state index is 12.5. The number of carbonyl (C=O) groups excluding carboxylic acids is 2. The molecule has 6 nitrogen and oxygen atoms in total. The molecule has 0 saturated heterocycles. The lowest BCUT2D eigenvalue weighted by Gasteiger charge is -2.09. The van der Waals surface area contributed by atoms with E-state index in [0.717, 1.165) is 28.5 Å². The molecule has 0 aliphatic carbocycles. The minimum Gasteiger partial charge on any atom is -0.493 e. The van der Waals surface area contributed by atoms with Crippen molar-refractivity contribution in [1.29, 1.82) is 0 Å². The predicted octanol–water partition coefficient (Wildman–Crippen LogP) is 3.72. The molecule has 1 aromatic heterocycles. The van der Waals surface area contributed by atoms with E-state index in [-0.39, 0.29) is 18.8 Å². The van der Waals surface area contributed by atoms with Gasteiger partial charge in [0.2, 0.25) is 5.78 Å². The summed E-state index contributed by atoms with van der Waals surface area (Å²) in [7, 11) is 3.08. The van der Waals surface area contributed by atoms with Gasteiger partial charge in [0.1, 0.15) is 0 Å². The van der Waals surface area contributed by atoms with E-state index in [9.17, 15) is 9.59 Å². The number of aryl methyl sites for hydroxylation is 1. The van der Waals surface area contributed by atoms with Gasteiger partial charge in [-0.3, -0.25) is 9.59 Å². The van der Waals surface area contributed by atoms with E-state index in [1.54, 1.807) is 31.5 Å². The summed E-state index contributed by atoms with van der Waals surface area (Å²) in [6.45, 7) is 1.77. The summed E-state index contributed by atoms with van der Waals surface area (Å²) < 4.78 is 15.6. The SMILES string of the molecule is CCc1cccc2c(C(=O)COC(=O)Cc3ccc(OC)c(OC)c3)c[nH]c12. The van der Waals surface area contributed by atoms with Crippen molar-refractivity contribution in [3.8, 4) is 11.5 Å². The van der Waals surface area contributed by atoms with E-state index < -0.39 is 5.97 Å². The van der Waals surface area contributed by atoms with Crippen molar-refractivity contribution >= 4 is 22.7 Å². The van der Waals surface area contributed by atoms with Crippen LogP contribution in [0.15, 0.2) is 42.6 Å². The predicted molar refractivity (Wildman–Crippen MR) is 106 cm³/mol. The molecule has 0 aliphatic rings. The molecule has 0 spiro atoms. The maximum Gasteiger partial charge on any atom is 0.310 e. The molecule has 146 valence electrons. The van der Waals surface area contributed by atoms with Crippen LogP contribution < -0.4 is 9.47 Å². The topological polar surface area (TPSA) is 77.6 Å². The van der Waals surface area contributed by atoms with Crippen LogP contribution in [0.3, 0.4) is 0 Å². The largest absolute Gasteiger partial charge is 0.493 e. The van der Waals surface area contributed by atoms with Gasteiger partial charge < -0.3 is 19.2 Å². The number of carbonyl (C=O) groups is 2. The minimum absolute atomic E-state index is 0.0432. The average molecular weight is 381 g/mol. The maximum absolute atomic E-state index is 12.5. The van der Waals surface area contributed by atoms with E-state index in [4.69, 9.17) is 14.2 Å². The molecule has 2 aromatic carbocycles. The molecule has 0 atom stereocenters. The molecule has 0 radical (unpaired) electrons. The van der Waals surface area contributed by atoms with Crippen molar-refractivity contribution in [3.05, 3.63) is 59.3 Å². The van der Waals surface area contributed by atoms with E-state index in [2.05, 4.69) is 11.9 Å². The molecular weight excluding hydrogens is 358 g/mol. The summed E-state index contributed by atoms with van der Waals surface area (Å²) in [6, 6.07) is 11.0. The zero-order chi connectivity index (χ0) is 20.1. The second kappa shape index (κ2) is 8.61. The molecule has 28 heavy (non-hydrogen) atoms. The van der Waals surface area contributed by atoms with Crippen LogP contribution >= 0.6 is 0 Å². The molecule has 3 rings (SSSR count). The highest BCUT2D eigenvalue weighted by Gasteiger charge is 2.16. The third-order valence-corrected chi connectivity index (χ3v) is 4.64. The van der Waals surface area contributed by atoms with Gasteiger partial charge in [-0.1, -0.05) is 31.2 Å². The zero-order valence-electron chi connectivity index (χ0n) is 16.2. The Bertz CT molecular complexity index is 1010. The molecule has 0 aliphatic heterocycles. The number of ether oxygens (including phenoxy) is 3. The minimum atomic E-state index is -0.477. The number of esters is 1. The van der Waals surface area contributed by atoms with Gasteiger partial charge >= 0.3 is 5.97 Å². The Labute approximate surface area is 163 Å². The Morgan fingerprint density at radius 2 is 1.82 bits per heavy atom. The van der Waals surface area contributed by atoms with Crippen LogP contribution in [0.5, 0.6) is 11.5 Å². The molecule has 0 saturated carbocycles. The number of rotatable bonds is 8. The number of methoxy groups -OCH3 is 2. The number of fused-ring (bicyclic) bond motifs is 1. The number of Topliss-reactive ketones (excluding diaryl/α,β-unsaturated/α-hetero) is 1. The van der Waals surface area contributed by atoms with Crippen molar-refractivity contribution in [2.45, 2.75) is 19.8 Å². The zero-order valence-corrected chi connectivity index (χ0v) is 16.2. The Balaban J connectivity index is 1.64. The van der Waals surface area contributed by atoms with Crippen LogP contribution in [0, 0.1) is 0 Å². The van der Waals surface area contributed by atoms with Crippen molar-refractivity contribution in [1.82, 2.24) is 4.98 Å². The summed E-state index contributed by atoms with van der Waals surface area (Å²) in [5, 5.41) is 0.847. The van der Waals surface area contributed by atoms with E-state index in [0.29, 0.717) is 17.1 Å². The first-order chi connectivity index (χ1) is 13.6. The van der Waals surface area contributed by atoms with Gasteiger partial charge in [0.15, 0.2) is 18.1 Å². The second-order valence-electron chi connectivity index (χ2n) is 6.35. The summed E-state index contributed by atoms with van der Waals surface area (Å²) in [6.07, 6.45) is 2.58. The number of hydrogen-bond donors (Lipinski definition) is 1. The molecule has 1 N–H and O–H groups in total. The van der Waals surface area contributed by atoms with Crippen LogP contribution in [0.2, 0.25) is 0 Å². The highest BCUT2D eigenvalue weighted by molar-refractivity contribution is 6.09. The molecule has 0 bridgehead atoms. The number of aromatic nitrogens is 1. The fourth-order valence-corrected chi connectivity index (χ4v) is 3.17. The lowest BCUT2D eigenvalue weighted by molar-refractivity contribution is -0.141. The van der Waals surface area contributed by atoms with Gasteiger partial charge in [0.05, 0.1) is 20.6 Å². The Morgan fingerprint density at radius 3 is 2.54 bits per heavy atom. The van der Waals surface area contributed by atoms with Crippen LogP contribution in [0.4, 0.5) is 0 Å². The average Bonchev–Trinajstić information content (AvgIpc) is 3.16. The van der Waals surface area contributed by atoms with Crippen LogP contribution in [-0.4, -0.2) is 37.6 Å². The summed E-state index contributed by atoms with van der Waals surface area (Å²) in [5.74, 6) is 0.407. The van der Waals surface area contributed by atoms with E-state index in [1.807, 2.05) is 18.2 Å². The van der Waals surface area contributed by atoms with Gasteiger partial charge in [-0.15, -0.1) is 0 Å². The van der Waals surface area contributed by atoms with Crippen molar-refractivity contribution in [2.24, 2.45) is 0 Å². The number of para-hydroxylation sites is 1. The lowest BCUT2D eigenvalue weighted by Crippen LogP contribution is -2.15. The monoisotopic (exact) mass is 381 g/mol.